The van der Waals surface area contributed by atoms with E-state index in [4.69, 9.17) is 0 Å². The lowest BCUT2D eigenvalue weighted by atomic mass is 9.88. The number of pyridine rings is 1. The van der Waals surface area contributed by atoms with Crippen LogP contribution in [0.4, 0.5) is 0 Å². The molecule has 4 nitrogen and oxygen atoms in total. The highest BCUT2D eigenvalue weighted by molar-refractivity contribution is 7.79. The zero-order chi connectivity index (χ0) is 29.4. The number of hydrogen-bond donors (Lipinski definition) is 0. The molecule has 5 aromatic rings. The molecule has 0 N–H and O–H groups in total. The molecule has 1 heterocycles. The molecule has 7 rings (SSSR count). The summed E-state index contributed by atoms with van der Waals surface area (Å²) in [5.74, 6) is 0. The van der Waals surface area contributed by atoms with Gasteiger partial charge in [0.05, 0.1) is 0 Å². The Balaban J connectivity index is 1.47. The zero-order valence-corrected chi connectivity index (χ0v) is 25.9. The van der Waals surface area contributed by atoms with Gasteiger partial charge >= 0.3 is 0 Å². The molecule has 0 spiro atoms. The molecular formula is C37H35NO3P2. The van der Waals surface area contributed by atoms with Gasteiger partial charge in [0.15, 0.2) is 14.3 Å². The third-order valence-corrected chi connectivity index (χ3v) is 16.4. The molecule has 216 valence electrons. The Morgan fingerprint density at radius 3 is 1.12 bits per heavy atom. The van der Waals surface area contributed by atoms with Crippen LogP contribution in [0.3, 0.4) is 0 Å². The van der Waals surface area contributed by atoms with Gasteiger partial charge in [0.25, 0.3) is 0 Å². The number of hydrogen-bond acceptors (Lipinski definition) is 3. The standard InChI is InChI=1S/C37H35NO3P2/c39-38-36-28(15-13-25-34(36)42(40,30-17-5-1-6-18-30)31-19-7-2-8-20-31)27-29-16-14-26-35(37(29)38)43(41,32-21-9-3-10-22-32)33-23-11-4-12-24-33/h1-12,17-24,27,34-35H,13-16,25-26H2. The second-order valence-corrected chi connectivity index (χ2v) is 17.7. The van der Waals surface area contributed by atoms with Crippen molar-refractivity contribution in [3.05, 3.63) is 155 Å². The fourth-order valence-corrected chi connectivity index (χ4v) is 14.2. The van der Waals surface area contributed by atoms with Crippen LogP contribution in [0.25, 0.3) is 0 Å². The smallest absolute Gasteiger partial charge is 0.207 e. The average Bonchev–Trinajstić information content (AvgIpc) is 3.08. The summed E-state index contributed by atoms with van der Waals surface area (Å²) in [7, 11) is -6.52. The first kappa shape index (κ1) is 28.1. The van der Waals surface area contributed by atoms with Crippen molar-refractivity contribution in [3.63, 3.8) is 0 Å². The minimum absolute atomic E-state index is 0.459. The lowest BCUT2D eigenvalue weighted by molar-refractivity contribution is -0.624. The SMILES string of the molecule is O=P(c1ccccc1)(c1ccccc1)C1CCCc2cc3c([n+]([O-])c21)C(P(=O)(c1ccccc1)c1ccccc1)CCC3. The maximum atomic E-state index is 15.6. The number of nitrogens with zero attached hydrogens (tertiary/aromatic N) is 1. The molecule has 2 aliphatic carbocycles. The Hall–Kier alpha value is -3.71. The third-order valence-electron chi connectivity index (χ3n) is 9.36. The summed E-state index contributed by atoms with van der Waals surface area (Å²) < 4.78 is 32.2. The Kier molecular flexibility index (Phi) is 7.46. The predicted molar refractivity (Wildman–Crippen MR) is 176 cm³/mol. The largest absolute Gasteiger partial charge is 0.618 e. The monoisotopic (exact) mass is 603 g/mol. The summed E-state index contributed by atoms with van der Waals surface area (Å²) in [6, 6.07) is 40.9. The highest BCUT2D eigenvalue weighted by Gasteiger charge is 2.49. The quantitative estimate of drug-likeness (QED) is 0.118. The number of aromatic nitrogens is 1. The summed E-state index contributed by atoms with van der Waals surface area (Å²) in [4.78, 5) is 0. The summed E-state index contributed by atoms with van der Waals surface area (Å²) in [6.07, 6.45) is 4.63. The van der Waals surface area contributed by atoms with E-state index in [2.05, 4.69) is 6.07 Å². The van der Waals surface area contributed by atoms with E-state index in [0.717, 1.165) is 62.8 Å². The number of fused-ring (bicyclic) bond motifs is 2. The van der Waals surface area contributed by atoms with Gasteiger partial charge in [0, 0.05) is 32.3 Å². The molecule has 6 heteroatoms. The number of rotatable bonds is 6. The normalized spacial score (nSPS) is 18.4. The van der Waals surface area contributed by atoms with E-state index < -0.39 is 25.6 Å². The van der Waals surface area contributed by atoms with Crippen molar-refractivity contribution in [2.75, 3.05) is 0 Å². The Labute approximate surface area is 253 Å². The number of benzene rings is 4. The van der Waals surface area contributed by atoms with Crippen LogP contribution in [-0.2, 0) is 22.0 Å². The van der Waals surface area contributed by atoms with Gasteiger partial charge < -0.3 is 14.3 Å². The highest BCUT2D eigenvalue weighted by Crippen LogP contribution is 2.63. The number of aryl methyl sites for hydroxylation is 2. The van der Waals surface area contributed by atoms with E-state index in [0.29, 0.717) is 24.2 Å². The predicted octanol–water partition coefficient (Wildman–Crippen LogP) is 7.10. The van der Waals surface area contributed by atoms with Gasteiger partial charge in [0.2, 0.25) is 11.4 Å². The van der Waals surface area contributed by atoms with E-state index in [1.54, 1.807) is 0 Å². The second-order valence-electron chi connectivity index (χ2n) is 11.7. The van der Waals surface area contributed by atoms with Crippen LogP contribution in [0.5, 0.6) is 0 Å². The van der Waals surface area contributed by atoms with Gasteiger partial charge in [-0.2, -0.15) is 4.73 Å². The minimum Gasteiger partial charge on any atom is -0.618 e. The van der Waals surface area contributed by atoms with Crippen molar-refractivity contribution in [1.29, 1.82) is 0 Å². The van der Waals surface area contributed by atoms with Gasteiger partial charge in [0.1, 0.15) is 11.3 Å². The summed E-state index contributed by atoms with van der Waals surface area (Å²) in [6.45, 7) is 0. The van der Waals surface area contributed by atoms with Crippen LogP contribution in [0.15, 0.2) is 127 Å². The van der Waals surface area contributed by atoms with Gasteiger partial charge in [-0.1, -0.05) is 121 Å². The topological polar surface area (TPSA) is 61.1 Å². The molecular weight excluding hydrogens is 568 g/mol. The van der Waals surface area contributed by atoms with Crippen LogP contribution in [0.2, 0.25) is 0 Å². The molecule has 0 aliphatic heterocycles. The van der Waals surface area contributed by atoms with Crippen LogP contribution in [0.1, 0.15) is 59.5 Å². The molecule has 43 heavy (non-hydrogen) atoms. The Morgan fingerprint density at radius 1 is 0.512 bits per heavy atom. The highest BCUT2D eigenvalue weighted by atomic mass is 31.2. The lowest BCUT2D eigenvalue weighted by Crippen LogP contribution is -2.45. The van der Waals surface area contributed by atoms with E-state index >= 15 is 9.13 Å². The first-order valence-electron chi connectivity index (χ1n) is 15.2. The minimum atomic E-state index is -3.26. The van der Waals surface area contributed by atoms with Gasteiger partial charge in [-0.15, -0.1) is 0 Å². The average molecular weight is 604 g/mol. The maximum Gasteiger partial charge on any atom is 0.207 e. The van der Waals surface area contributed by atoms with Crippen LogP contribution >= 0.6 is 14.3 Å². The van der Waals surface area contributed by atoms with E-state index in [1.165, 1.54) is 0 Å². The molecule has 2 aliphatic rings. The second kappa shape index (κ2) is 11.4. The van der Waals surface area contributed by atoms with Crippen molar-refractivity contribution in [2.45, 2.75) is 49.8 Å². The first-order valence-corrected chi connectivity index (χ1v) is 18.8. The van der Waals surface area contributed by atoms with Crippen LogP contribution < -0.4 is 25.9 Å². The van der Waals surface area contributed by atoms with Gasteiger partial charge in [-0.25, -0.2) is 0 Å². The van der Waals surface area contributed by atoms with Crippen molar-refractivity contribution in [2.24, 2.45) is 0 Å². The lowest BCUT2D eigenvalue weighted by Gasteiger charge is -2.36. The van der Waals surface area contributed by atoms with E-state index in [-0.39, 0.29) is 0 Å². The summed E-state index contributed by atoms with van der Waals surface area (Å²) in [5.41, 5.74) is 2.29. The molecule has 0 radical (unpaired) electrons. The van der Waals surface area contributed by atoms with Crippen LogP contribution in [0, 0.1) is 5.21 Å². The zero-order valence-electron chi connectivity index (χ0n) is 24.1. The Morgan fingerprint density at radius 2 is 0.814 bits per heavy atom. The molecule has 0 saturated heterocycles. The van der Waals surface area contributed by atoms with Crippen molar-refractivity contribution >= 4 is 35.5 Å². The molecule has 0 saturated carbocycles. The molecule has 2 atom stereocenters. The van der Waals surface area contributed by atoms with E-state index in [1.807, 2.05) is 121 Å². The van der Waals surface area contributed by atoms with E-state index in [9.17, 15) is 5.21 Å². The third kappa shape index (κ3) is 4.64. The van der Waals surface area contributed by atoms with Crippen molar-refractivity contribution < 1.29 is 13.9 Å². The maximum absolute atomic E-state index is 15.6. The molecule has 1 aromatic heterocycles. The van der Waals surface area contributed by atoms with Gasteiger partial charge in [-0.05, 0) is 44.6 Å². The summed E-state index contributed by atoms with van der Waals surface area (Å²) >= 11 is 0. The Bertz CT molecular complexity index is 1620. The van der Waals surface area contributed by atoms with Crippen LogP contribution in [-0.4, -0.2) is 0 Å². The van der Waals surface area contributed by atoms with Crippen molar-refractivity contribution in [3.8, 4) is 0 Å². The molecule has 0 bridgehead atoms. The summed E-state index contributed by atoms with van der Waals surface area (Å²) in [5, 5.41) is 18.1. The molecule has 0 amide bonds. The molecule has 0 fully saturated rings. The fourth-order valence-electron chi connectivity index (χ4n) is 7.42. The molecule has 4 aromatic carbocycles. The first-order chi connectivity index (χ1) is 21.0. The van der Waals surface area contributed by atoms with Gasteiger partial charge in [-0.3, -0.25) is 0 Å². The fraction of sp³-hybridized carbons (Fsp3) is 0.216. The molecule has 2 unspecified atom stereocenters. The van der Waals surface area contributed by atoms with Crippen molar-refractivity contribution in [1.82, 2.24) is 0 Å².